The molecule has 1 heterocycles. The lowest BCUT2D eigenvalue weighted by molar-refractivity contribution is -0.0977. The molecule has 1 aromatic rings. The van der Waals surface area contributed by atoms with Crippen LogP contribution in [-0.2, 0) is 4.74 Å². The van der Waals surface area contributed by atoms with Crippen LogP contribution >= 0.6 is 23.2 Å². The molecule has 0 saturated heterocycles. The first-order valence-corrected chi connectivity index (χ1v) is 7.05. The van der Waals surface area contributed by atoms with Crippen molar-refractivity contribution in [2.24, 2.45) is 0 Å². The van der Waals surface area contributed by atoms with Crippen molar-refractivity contribution >= 4 is 29.3 Å². The number of rotatable bonds is 1. The predicted octanol–water partition coefficient (Wildman–Crippen LogP) is 5.00. The van der Waals surface area contributed by atoms with Crippen molar-refractivity contribution in [2.45, 2.75) is 18.6 Å². The Labute approximate surface area is 135 Å². The van der Waals surface area contributed by atoms with Gasteiger partial charge in [-0.1, -0.05) is 35.3 Å². The highest BCUT2D eigenvalue weighted by atomic mass is 35.5. The van der Waals surface area contributed by atoms with Crippen molar-refractivity contribution in [1.82, 2.24) is 4.90 Å². The van der Waals surface area contributed by atoms with Gasteiger partial charge in [0.2, 0.25) is 0 Å². The Hall–Kier alpha value is -1.40. The van der Waals surface area contributed by atoms with Gasteiger partial charge in [0, 0.05) is 5.57 Å². The topological polar surface area (TPSA) is 29.5 Å². The molecule has 1 atom stereocenters. The molecule has 1 amide bonds. The predicted molar refractivity (Wildman–Crippen MR) is 77.1 cm³/mol. The molecule has 0 spiro atoms. The lowest BCUT2D eigenvalue weighted by Crippen LogP contribution is -2.41. The van der Waals surface area contributed by atoms with Gasteiger partial charge >= 0.3 is 12.3 Å². The standard InChI is InChI=1S/C14H12Cl2F3NO2/c1-22-13(21)20-7-9(14(17,18)19)3-5-12(20)8-2-4-10(15)11(16)6-8/h2-4,6,12H,5,7H2,1H3. The van der Waals surface area contributed by atoms with Crippen LogP contribution in [0.1, 0.15) is 18.0 Å². The number of benzene rings is 1. The summed E-state index contributed by atoms with van der Waals surface area (Å²) in [6.07, 6.45) is -4.20. The van der Waals surface area contributed by atoms with Crippen LogP contribution in [0.4, 0.5) is 18.0 Å². The molecule has 3 nitrogen and oxygen atoms in total. The molecule has 0 saturated carbocycles. The van der Waals surface area contributed by atoms with Gasteiger partial charge < -0.3 is 4.74 Å². The molecule has 1 unspecified atom stereocenters. The normalized spacial score (nSPS) is 18.9. The second kappa shape index (κ2) is 6.38. The Morgan fingerprint density at radius 1 is 1.32 bits per heavy atom. The fourth-order valence-electron chi connectivity index (χ4n) is 2.29. The maximum atomic E-state index is 12.8. The zero-order valence-corrected chi connectivity index (χ0v) is 13.0. The quantitative estimate of drug-likeness (QED) is 0.665. The van der Waals surface area contributed by atoms with E-state index in [2.05, 4.69) is 4.74 Å². The minimum absolute atomic E-state index is 0.0158. The Morgan fingerprint density at radius 3 is 2.55 bits per heavy atom. The summed E-state index contributed by atoms with van der Waals surface area (Å²) < 4.78 is 43.1. The number of carbonyl (C=O) groups excluding carboxylic acids is 1. The maximum Gasteiger partial charge on any atom is 0.414 e. The van der Waals surface area contributed by atoms with E-state index in [9.17, 15) is 18.0 Å². The number of nitrogens with zero attached hydrogens (tertiary/aromatic N) is 1. The third-order valence-electron chi connectivity index (χ3n) is 3.41. The molecule has 0 radical (unpaired) electrons. The Balaban J connectivity index is 2.38. The van der Waals surface area contributed by atoms with Crippen LogP contribution in [-0.4, -0.2) is 30.8 Å². The molecule has 0 bridgehead atoms. The summed E-state index contributed by atoms with van der Waals surface area (Å²) in [7, 11) is 1.12. The van der Waals surface area contributed by atoms with Gasteiger partial charge in [-0.25, -0.2) is 4.79 Å². The number of ether oxygens (including phenoxy) is 1. The van der Waals surface area contributed by atoms with Crippen molar-refractivity contribution < 1.29 is 22.7 Å². The zero-order chi connectivity index (χ0) is 16.5. The number of halogens is 5. The third-order valence-corrected chi connectivity index (χ3v) is 4.15. The summed E-state index contributed by atoms with van der Waals surface area (Å²) in [4.78, 5) is 12.9. The minimum Gasteiger partial charge on any atom is -0.453 e. The SMILES string of the molecule is COC(=O)N1CC(C(F)(F)F)=CCC1c1ccc(Cl)c(Cl)c1. The molecular weight excluding hydrogens is 342 g/mol. The highest BCUT2D eigenvalue weighted by molar-refractivity contribution is 6.42. The van der Waals surface area contributed by atoms with E-state index < -0.39 is 30.4 Å². The Bertz CT molecular complexity index is 617. The van der Waals surface area contributed by atoms with Gasteiger partial charge in [-0.2, -0.15) is 13.2 Å². The molecule has 0 aromatic heterocycles. The fourth-order valence-corrected chi connectivity index (χ4v) is 2.60. The molecule has 0 fully saturated rings. The van der Waals surface area contributed by atoms with Gasteiger partial charge in [-0.3, -0.25) is 4.90 Å². The lowest BCUT2D eigenvalue weighted by Gasteiger charge is -2.35. The molecule has 1 aliphatic rings. The van der Waals surface area contributed by atoms with Gasteiger partial charge in [0.15, 0.2) is 0 Å². The van der Waals surface area contributed by atoms with E-state index in [-0.39, 0.29) is 11.4 Å². The van der Waals surface area contributed by atoms with Crippen LogP contribution in [0.25, 0.3) is 0 Å². The average Bonchev–Trinajstić information content (AvgIpc) is 2.47. The van der Waals surface area contributed by atoms with E-state index in [0.717, 1.165) is 18.1 Å². The highest BCUT2D eigenvalue weighted by Crippen LogP contribution is 2.38. The summed E-state index contributed by atoms with van der Waals surface area (Å²) in [5, 5.41) is 0.604. The largest absolute Gasteiger partial charge is 0.453 e. The number of methoxy groups -OCH3 is 1. The van der Waals surface area contributed by atoms with E-state index in [1.54, 1.807) is 6.07 Å². The fraction of sp³-hybridized carbons (Fsp3) is 0.357. The van der Waals surface area contributed by atoms with Gasteiger partial charge in [0.05, 0.1) is 29.7 Å². The zero-order valence-electron chi connectivity index (χ0n) is 11.5. The molecule has 22 heavy (non-hydrogen) atoms. The number of hydrogen-bond acceptors (Lipinski definition) is 2. The molecule has 1 aliphatic heterocycles. The van der Waals surface area contributed by atoms with E-state index in [0.29, 0.717) is 10.6 Å². The van der Waals surface area contributed by atoms with E-state index in [1.807, 2.05) is 0 Å². The maximum absolute atomic E-state index is 12.8. The van der Waals surface area contributed by atoms with Crippen LogP contribution in [0, 0.1) is 0 Å². The van der Waals surface area contributed by atoms with Gasteiger partial charge in [0.25, 0.3) is 0 Å². The molecule has 0 N–H and O–H groups in total. The number of carbonyl (C=O) groups is 1. The van der Waals surface area contributed by atoms with E-state index >= 15 is 0 Å². The van der Waals surface area contributed by atoms with Crippen molar-refractivity contribution in [3.63, 3.8) is 0 Å². The van der Waals surface area contributed by atoms with Gasteiger partial charge in [-0.05, 0) is 24.1 Å². The van der Waals surface area contributed by atoms with Crippen LogP contribution in [0.5, 0.6) is 0 Å². The summed E-state index contributed by atoms with van der Waals surface area (Å²) in [5.41, 5.74) is -0.175. The van der Waals surface area contributed by atoms with Gasteiger partial charge in [-0.15, -0.1) is 0 Å². The third kappa shape index (κ3) is 3.50. The average molecular weight is 354 g/mol. The van der Waals surface area contributed by atoms with Crippen LogP contribution < -0.4 is 0 Å². The first-order valence-electron chi connectivity index (χ1n) is 6.29. The van der Waals surface area contributed by atoms with Crippen molar-refractivity contribution in [3.8, 4) is 0 Å². The molecule has 120 valence electrons. The van der Waals surface area contributed by atoms with Crippen molar-refractivity contribution in [2.75, 3.05) is 13.7 Å². The van der Waals surface area contributed by atoms with Crippen LogP contribution in [0.15, 0.2) is 29.8 Å². The summed E-state index contributed by atoms with van der Waals surface area (Å²) in [6.45, 7) is -0.568. The molecule has 8 heteroatoms. The molecule has 0 aliphatic carbocycles. The van der Waals surface area contributed by atoms with Crippen molar-refractivity contribution in [1.29, 1.82) is 0 Å². The minimum atomic E-state index is -4.48. The number of alkyl halides is 3. The molecule has 1 aromatic carbocycles. The van der Waals surface area contributed by atoms with Crippen LogP contribution in [0.3, 0.4) is 0 Å². The Kier molecular flexibility index (Phi) is 4.92. The molecule has 2 rings (SSSR count). The lowest BCUT2D eigenvalue weighted by atomic mass is 9.96. The second-order valence-electron chi connectivity index (χ2n) is 4.75. The first-order chi connectivity index (χ1) is 10.2. The van der Waals surface area contributed by atoms with Gasteiger partial charge in [0.1, 0.15) is 0 Å². The second-order valence-corrected chi connectivity index (χ2v) is 5.56. The number of amides is 1. The Morgan fingerprint density at radius 2 is 2.00 bits per heavy atom. The van der Waals surface area contributed by atoms with Crippen molar-refractivity contribution in [3.05, 3.63) is 45.5 Å². The summed E-state index contributed by atoms with van der Waals surface area (Å²) >= 11 is 11.8. The summed E-state index contributed by atoms with van der Waals surface area (Å²) in [6, 6.07) is 4.11. The smallest absolute Gasteiger partial charge is 0.414 e. The first kappa shape index (κ1) is 17.0. The van der Waals surface area contributed by atoms with E-state index in [4.69, 9.17) is 23.2 Å². The number of hydrogen-bond donors (Lipinski definition) is 0. The van der Waals surface area contributed by atoms with E-state index in [1.165, 1.54) is 12.1 Å². The summed E-state index contributed by atoms with van der Waals surface area (Å²) in [5.74, 6) is 0. The monoisotopic (exact) mass is 353 g/mol. The highest BCUT2D eigenvalue weighted by Gasteiger charge is 2.40. The molecular formula is C14H12Cl2F3NO2. The van der Waals surface area contributed by atoms with Crippen LogP contribution in [0.2, 0.25) is 10.0 Å².